The molecule has 0 radical (unpaired) electrons. The second kappa shape index (κ2) is 10.6. The first-order valence-electron chi connectivity index (χ1n) is 10.8. The largest absolute Gasteiger partial charge is 0.377 e. The molecule has 4 unspecified atom stereocenters. The molecule has 28 heavy (non-hydrogen) atoms. The topological polar surface area (TPSA) is 87.7 Å². The normalized spacial score (nSPS) is 33.9. The van der Waals surface area contributed by atoms with Crippen molar-refractivity contribution < 1.29 is 23.7 Å². The standard InChI is InChI=1S/C20H33N3O5/c1-3-7-17-15(5-1)25-11-9-24-10-12-26-16-6-2-4-8-18(16)28-14-20-21-19(13-27-17)22-23-20/h15-18H,1-14H2,(H,21,22,23). The molecule has 0 amide bonds. The van der Waals surface area contributed by atoms with Gasteiger partial charge in [0.15, 0.2) is 11.6 Å². The highest BCUT2D eigenvalue weighted by atomic mass is 16.6. The number of aromatic nitrogens is 3. The quantitative estimate of drug-likeness (QED) is 0.722. The minimum Gasteiger partial charge on any atom is -0.377 e. The van der Waals surface area contributed by atoms with Crippen LogP contribution in [0, 0.1) is 0 Å². The lowest BCUT2D eigenvalue weighted by Gasteiger charge is -2.31. The van der Waals surface area contributed by atoms with Crippen LogP contribution in [-0.2, 0) is 36.9 Å². The van der Waals surface area contributed by atoms with Gasteiger partial charge in [-0.2, -0.15) is 5.10 Å². The Kier molecular flexibility index (Phi) is 7.69. The number of rotatable bonds is 0. The van der Waals surface area contributed by atoms with Gasteiger partial charge in [-0.05, 0) is 25.7 Å². The Labute approximate surface area is 166 Å². The highest BCUT2D eigenvalue weighted by Gasteiger charge is 2.28. The summed E-state index contributed by atoms with van der Waals surface area (Å²) in [6.45, 7) is 3.16. The summed E-state index contributed by atoms with van der Waals surface area (Å²) in [5.41, 5.74) is 0. The van der Waals surface area contributed by atoms with E-state index in [1.807, 2.05) is 0 Å². The Morgan fingerprint density at radius 2 is 1.18 bits per heavy atom. The molecule has 0 saturated heterocycles. The number of fused-ring (bicyclic) bond motifs is 4. The van der Waals surface area contributed by atoms with E-state index >= 15 is 0 Å². The van der Waals surface area contributed by atoms with Gasteiger partial charge < -0.3 is 23.7 Å². The predicted octanol–water partition coefficient (Wildman–Crippen LogP) is 2.52. The molecule has 1 aliphatic heterocycles. The summed E-state index contributed by atoms with van der Waals surface area (Å²) in [6.07, 6.45) is 9.27. The zero-order chi connectivity index (χ0) is 19.0. The average molecular weight is 396 g/mol. The summed E-state index contributed by atoms with van der Waals surface area (Å²) in [5, 5.41) is 7.26. The number of nitrogens with one attached hydrogen (secondary N) is 1. The fourth-order valence-corrected chi connectivity index (χ4v) is 4.34. The van der Waals surface area contributed by atoms with Gasteiger partial charge in [0.1, 0.15) is 13.2 Å². The zero-order valence-electron chi connectivity index (χ0n) is 16.6. The average Bonchev–Trinajstić information content (AvgIpc) is 3.19. The van der Waals surface area contributed by atoms with E-state index in [1.165, 1.54) is 25.7 Å². The third-order valence-electron chi connectivity index (χ3n) is 5.84. The number of H-pyrrole nitrogens is 1. The van der Waals surface area contributed by atoms with Crippen LogP contribution < -0.4 is 0 Å². The van der Waals surface area contributed by atoms with Crippen LogP contribution in [0.5, 0.6) is 0 Å². The van der Waals surface area contributed by atoms with Gasteiger partial charge >= 0.3 is 0 Å². The third-order valence-corrected chi connectivity index (χ3v) is 5.84. The molecular weight excluding hydrogens is 362 g/mol. The third kappa shape index (κ3) is 5.73. The first-order chi connectivity index (χ1) is 13.9. The number of ether oxygens (including phenoxy) is 5. The Morgan fingerprint density at radius 3 is 1.79 bits per heavy atom. The summed E-state index contributed by atoms with van der Waals surface area (Å²) in [5.74, 6) is 1.41. The Morgan fingerprint density at radius 1 is 0.643 bits per heavy atom. The van der Waals surface area contributed by atoms with E-state index in [1.54, 1.807) is 0 Å². The van der Waals surface area contributed by atoms with E-state index in [4.69, 9.17) is 23.7 Å². The van der Waals surface area contributed by atoms with Crippen molar-refractivity contribution in [2.45, 2.75) is 89.0 Å². The van der Waals surface area contributed by atoms with Gasteiger partial charge in [0.25, 0.3) is 0 Å². The van der Waals surface area contributed by atoms with Crippen molar-refractivity contribution >= 4 is 0 Å². The predicted molar refractivity (Wildman–Crippen MR) is 101 cm³/mol. The van der Waals surface area contributed by atoms with Crippen LogP contribution in [0.2, 0.25) is 0 Å². The van der Waals surface area contributed by atoms with Crippen molar-refractivity contribution in [3.05, 3.63) is 11.6 Å². The maximum absolute atomic E-state index is 6.11. The van der Waals surface area contributed by atoms with Gasteiger partial charge in [-0.3, -0.25) is 5.10 Å². The summed E-state index contributed by atoms with van der Waals surface area (Å²) >= 11 is 0. The maximum atomic E-state index is 6.11. The summed E-state index contributed by atoms with van der Waals surface area (Å²) in [4.78, 5) is 4.53. The van der Waals surface area contributed by atoms with E-state index in [0.29, 0.717) is 45.5 Å². The number of nitrogens with zero attached hydrogens (tertiary/aromatic N) is 2. The molecule has 8 nitrogen and oxygen atoms in total. The molecule has 2 fully saturated rings. The molecule has 3 aliphatic rings. The Bertz CT molecular complexity index is 537. The van der Waals surface area contributed by atoms with Crippen molar-refractivity contribution in [1.82, 2.24) is 15.2 Å². The molecule has 1 N–H and O–H groups in total. The molecular formula is C20H33N3O5. The lowest BCUT2D eigenvalue weighted by atomic mass is 9.94. The first kappa shape index (κ1) is 20.2. The summed E-state index contributed by atoms with van der Waals surface area (Å²) < 4.78 is 30.0. The molecule has 1 aromatic heterocycles. The molecule has 4 atom stereocenters. The van der Waals surface area contributed by atoms with Crippen molar-refractivity contribution in [1.29, 1.82) is 0 Å². The number of hydrogen-bond acceptors (Lipinski definition) is 7. The molecule has 4 rings (SSSR count). The molecule has 158 valence electrons. The van der Waals surface area contributed by atoms with E-state index in [2.05, 4.69) is 15.2 Å². The van der Waals surface area contributed by atoms with Crippen LogP contribution >= 0.6 is 0 Å². The molecule has 2 bridgehead atoms. The maximum Gasteiger partial charge on any atom is 0.176 e. The van der Waals surface area contributed by atoms with Gasteiger partial charge in [-0.25, -0.2) is 4.98 Å². The minimum atomic E-state index is 0.0946. The molecule has 0 aromatic carbocycles. The summed E-state index contributed by atoms with van der Waals surface area (Å²) in [7, 11) is 0. The van der Waals surface area contributed by atoms with Crippen molar-refractivity contribution in [2.24, 2.45) is 0 Å². The second-order valence-electron chi connectivity index (χ2n) is 7.90. The highest BCUT2D eigenvalue weighted by Crippen LogP contribution is 2.26. The van der Waals surface area contributed by atoms with E-state index < -0.39 is 0 Å². The van der Waals surface area contributed by atoms with Crippen molar-refractivity contribution in [3.63, 3.8) is 0 Å². The highest BCUT2D eigenvalue weighted by molar-refractivity contribution is 4.89. The fraction of sp³-hybridized carbons (Fsp3) is 0.900. The van der Waals surface area contributed by atoms with Crippen LogP contribution in [0.4, 0.5) is 0 Å². The monoisotopic (exact) mass is 395 g/mol. The van der Waals surface area contributed by atoms with Gasteiger partial charge in [-0.1, -0.05) is 25.7 Å². The van der Waals surface area contributed by atoms with Crippen LogP contribution in [0.15, 0.2) is 0 Å². The summed E-state index contributed by atoms with van der Waals surface area (Å²) in [6, 6.07) is 0. The number of aromatic amines is 1. The van der Waals surface area contributed by atoms with E-state index in [-0.39, 0.29) is 24.4 Å². The minimum absolute atomic E-state index is 0.0946. The van der Waals surface area contributed by atoms with Gasteiger partial charge in [0, 0.05) is 0 Å². The van der Waals surface area contributed by atoms with Crippen molar-refractivity contribution in [3.8, 4) is 0 Å². The van der Waals surface area contributed by atoms with Gasteiger partial charge in [-0.15, -0.1) is 0 Å². The Balaban J connectivity index is 1.38. The molecule has 2 heterocycles. The van der Waals surface area contributed by atoms with E-state index in [9.17, 15) is 0 Å². The number of hydrogen-bond donors (Lipinski definition) is 1. The first-order valence-corrected chi connectivity index (χ1v) is 10.8. The van der Waals surface area contributed by atoms with Crippen molar-refractivity contribution in [2.75, 3.05) is 26.4 Å². The SMILES string of the molecule is C1CCC2OCc3n[nH]c(n3)COC3CCCCC3OCCOCCOC2C1. The zero-order valence-corrected chi connectivity index (χ0v) is 16.6. The lowest BCUT2D eigenvalue weighted by Crippen LogP contribution is -2.36. The van der Waals surface area contributed by atoms with Crippen LogP contribution in [0.1, 0.15) is 63.0 Å². The molecule has 8 heteroatoms. The van der Waals surface area contributed by atoms with Crippen LogP contribution in [0.3, 0.4) is 0 Å². The van der Waals surface area contributed by atoms with Gasteiger partial charge in [0.2, 0.25) is 0 Å². The van der Waals surface area contributed by atoms with Gasteiger partial charge in [0.05, 0.1) is 50.8 Å². The Hall–Kier alpha value is -1.06. The van der Waals surface area contributed by atoms with Crippen LogP contribution in [-0.4, -0.2) is 66.0 Å². The molecule has 0 spiro atoms. The smallest absolute Gasteiger partial charge is 0.176 e. The lowest BCUT2D eigenvalue weighted by molar-refractivity contribution is -0.119. The molecule has 2 saturated carbocycles. The fourth-order valence-electron chi connectivity index (χ4n) is 4.34. The van der Waals surface area contributed by atoms with Crippen LogP contribution in [0.25, 0.3) is 0 Å². The van der Waals surface area contributed by atoms with E-state index in [0.717, 1.165) is 31.5 Å². The molecule has 1 aromatic rings. The molecule has 2 aliphatic carbocycles. The second-order valence-corrected chi connectivity index (χ2v) is 7.90.